The van der Waals surface area contributed by atoms with E-state index in [9.17, 15) is 4.57 Å². The minimum atomic E-state index is -3.35. The summed E-state index contributed by atoms with van der Waals surface area (Å²) in [5, 5.41) is 3.73. The van der Waals surface area contributed by atoms with Gasteiger partial charge in [0, 0.05) is 6.54 Å². The van der Waals surface area contributed by atoms with Crippen LogP contribution in [-0.2, 0) is 20.2 Å². The van der Waals surface area contributed by atoms with Crippen molar-refractivity contribution in [3.63, 3.8) is 0 Å². The largest absolute Gasteiger partial charge is 0.382 e. The molecule has 0 spiro atoms. The average Bonchev–Trinajstić information content (AvgIpc) is 3.12. The molecule has 30 heavy (non-hydrogen) atoms. The third-order valence-corrected chi connectivity index (χ3v) is 6.59. The van der Waals surface area contributed by atoms with Crippen LogP contribution in [0.5, 0.6) is 0 Å². The third-order valence-electron chi connectivity index (χ3n) is 4.48. The summed E-state index contributed by atoms with van der Waals surface area (Å²) in [5.41, 5.74) is 8.20. The van der Waals surface area contributed by atoms with Crippen molar-refractivity contribution in [1.82, 2.24) is 19.5 Å². The number of hydrogen-bond donors (Lipinski definition) is 2. The van der Waals surface area contributed by atoms with Gasteiger partial charge in [-0.15, -0.1) is 0 Å². The Labute approximate surface area is 176 Å². The molecule has 0 radical (unpaired) electrons. The van der Waals surface area contributed by atoms with Crippen molar-refractivity contribution in [2.24, 2.45) is 0 Å². The van der Waals surface area contributed by atoms with Crippen molar-refractivity contribution >= 4 is 35.8 Å². The highest BCUT2D eigenvalue weighted by Crippen LogP contribution is 2.46. The summed E-state index contributed by atoms with van der Waals surface area (Å²) in [7, 11) is -3.35. The van der Waals surface area contributed by atoms with Crippen LogP contribution in [0.4, 0.5) is 11.8 Å². The van der Waals surface area contributed by atoms with E-state index >= 15 is 0 Å². The maximum Gasteiger partial charge on any atom is 0.361 e. The zero-order chi connectivity index (χ0) is 21.6. The summed E-state index contributed by atoms with van der Waals surface area (Å²) in [6.07, 6.45) is 3.78. The second-order valence-electron chi connectivity index (χ2n) is 6.76. The van der Waals surface area contributed by atoms with Gasteiger partial charge in [-0.1, -0.05) is 25.5 Å². The first-order chi connectivity index (χ1) is 14.5. The van der Waals surface area contributed by atoms with E-state index in [1.54, 1.807) is 26.2 Å². The first-order valence-corrected chi connectivity index (χ1v) is 11.8. The van der Waals surface area contributed by atoms with Gasteiger partial charge in [-0.25, -0.2) is 4.98 Å². The van der Waals surface area contributed by atoms with E-state index in [-0.39, 0.29) is 0 Å². The predicted octanol–water partition coefficient (Wildman–Crippen LogP) is 3.56. The van der Waals surface area contributed by atoms with Crippen LogP contribution in [-0.4, -0.2) is 39.3 Å². The average molecular weight is 432 g/mol. The summed E-state index contributed by atoms with van der Waals surface area (Å²) < 4.78 is 25.9. The van der Waals surface area contributed by atoms with E-state index in [2.05, 4.69) is 27.2 Å². The highest BCUT2D eigenvalue weighted by molar-refractivity contribution is 7.62. The zero-order valence-electron chi connectivity index (χ0n) is 17.7. The maximum atomic E-state index is 13.1. The molecule has 0 aliphatic heterocycles. The van der Waals surface area contributed by atoms with Gasteiger partial charge in [0.05, 0.1) is 31.4 Å². The molecule has 3 rings (SSSR count). The summed E-state index contributed by atoms with van der Waals surface area (Å²) in [6.45, 7) is 7.58. The van der Waals surface area contributed by atoms with Gasteiger partial charge < -0.3 is 24.7 Å². The van der Waals surface area contributed by atoms with Gasteiger partial charge in [0.1, 0.15) is 5.52 Å². The summed E-state index contributed by atoms with van der Waals surface area (Å²) >= 11 is 0. The lowest BCUT2D eigenvalue weighted by Crippen LogP contribution is -2.12. The zero-order valence-corrected chi connectivity index (χ0v) is 18.6. The van der Waals surface area contributed by atoms with Crippen LogP contribution < -0.4 is 16.4 Å². The molecule has 1 aromatic carbocycles. The van der Waals surface area contributed by atoms with Crippen molar-refractivity contribution in [3.05, 3.63) is 36.2 Å². The Kier molecular flexibility index (Phi) is 7.42. The molecule has 0 saturated carbocycles. The number of nitrogens with two attached hydrogens (primary N) is 1. The molecule has 0 fully saturated rings. The Balaban J connectivity index is 1.90. The minimum Gasteiger partial charge on any atom is -0.382 e. The van der Waals surface area contributed by atoms with Crippen molar-refractivity contribution in [1.29, 1.82) is 0 Å². The lowest BCUT2D eigenvalue weighted by atomic mass is 10.2. The molecule has 10 heteroatoms. The first-order valence-electron chi connectivity index (χ1n) is 10.2. The van der Waals surface area contributed by atoms with Crippen molar-refractivity contribution in [3.8, 4) is 0 Å². The molecule has 0 saturated heterocycles. The standard InChI is InChI=1S/C20H29N6O3P/c1-4-7-11-22-20-24-18(21)17-19(25-20)26(14-23-17)13-15-9-8-10-16(12-15)30(27,28-5-2)29-6-3/h8-10,12,14H,4-7,11,13H2,1-3H3,(H3,21,22,24,25). The van der Waals surface area contributed by atoms with Crippen molar-refractivity contribution in [2.45, 2.75) is 40.2 Å². The topological polar surface area (TPSA) is 117 Å². The number of fused-ring (bicyclic) bond motifs is 1. The van der Waals surface area contributed by atoms with Crippen molar-refractivity contribution < 1.29 is 13.6 Å². The predicted molar refractivity (Wildman–Crippen MR) is 119 cm³/mol. The Bertz CT molecular complexity index is 1030. The van der Waals surface area contributed by atoms with Crippen LogP contribution in [0.1, 0.15) is 39.2 Å². The number of unbranched alkanes of at least 4 members (excludes halogenated alkanes) is 1. The van der Waals surface area contributed by atoms with Gasteiger partial charge in [-0.3, -0.25) is 4.57 Å². The smallest absolute Gasteiger partial charge is 0.361 e. The van der Waals surface area contributed by atoms with E-state index in [0.29, 0.717) is 48.0 Å². The Morgan fingerprint density at radius 3 is 2.63 bits per heavy atom. The maximum absolute atomic E-state index is 13.1. The molecule has 0 atom stereocenters. The highest BCUT2D eigenvalue weighted by atomic mass is 31.2. The molecular formula is C20H29N6O3P. The Morgan fingerprint density at radius 2 is 1.93 bits per heavy atom. The summed E-state index contributed by atoms with van der Waals surface area (Å²) in [5.74, 6) is 0.824. The molecule has 3 N–H and O–H groups in total. The van der Waals surface area contributed by atoms with E-state index < -0.39 is 7.60 Å². The highest BCUT2D eigenvalue weighted by Gasteiger charge is 2.26. The lowest BCUT2D eigenvalue weighted by Gasteiger charge is -2.18. The van der Waals surface area contributed by atoms with E-state index in [1.807, 2.05) is 22.8 Å². The number of benzene rings is 1. The molecule has 162 valence electrons. The van der Waals surface area contributed by atoms with Crippen LogP contribution in [0.3, 0.4) is 0 Å². The van der Waals surface area contributed by atoms with Gasteiger partial charge in [0.25, 0.3) is 0 Å². The van der Waals surface area contributed by atoms with Crippen LogP contribution in [0.2, 0.25) is 0 Å². The number of imidazole rings is 1. The second kappa shape index (κ2) is 10.0. The summed E-state index contributed by atoms with van der Waals surface area (Å²) in [4.78, 5) is 13.2. The van der Waals surface area contributed by atoms with E-state index in [4.69, 9.17) is 14.8 Å². The molecule has 9 nitrogen and oxygen atoms in total. The van der Waals surface area contributed by atoms with Crippen molar-refractivity contribution in [2.75, 3.05) is 30.8 Å². The van der Waals surface area contributed by atoms with Crippen LogP contribution in [0, 0.1) is 0 Å². The molecule has 0 amide bonds. The van der Waals surface area contributed by atoms with Gasteiger partial charge in [-0.2, -0.15) is 9.97 Å². The van der Waals surface area contributed by atoms with Crippen LogP contribution in [0.15, 0.2) is 30.6 Å². The minimum absolute atomic E-state index is 0.303. The number of anilines is 2. The molecule has 0 unspecified atom stereocenters. The SMILES string of the molecule is CCCCNc1nc(N)c2ncn(Cc3cccc(P(=O)(OCC)OCC)c3)c2n1. The summed E-state index contributed by atoms with van der Waals surface area (Å²) in [6, 6.07) is 7.39. The van der Waals surface area contributed by atoms with E-state index in [1.165, 1.54) is 0 Å². The number of rotatable bonds is 11. The van der Waals surface area contributed by atoms with Gasteiger partial charge in [0.2, 0.25) is 5.95 Å². The van der Waals surface area contributed by atoms with Gasteiger partial charge in [-0.05, 0) is 38.0 Å². The molecule has 0 bridgehead atoms. The second-order valence-corrected chi connectivity index (χ2v) is 8.79. The molecule has 2 heterocycles. The fraction of sp³-hybridized carbons (Fsp3) is 0.450. The number of hydrogen-bond acceptors (Lipinski definition) is 8. The fourth-order valence-corrected chi connectivity index (χ4v) is 4.73. The van der Waals surface area contributed by atoms with Crippen LogP contribution >= 0.6 is 7.60 Å². The van der Waals surface area contributed by atoms with Gasteiger partial charge in [0.15, 0.2) is 11.5 Å². The van der Waals surface area contributed by atoms with Gasteiger partial charge >= 0.3 is 7.60 Å². The number of nitrogens with zero attached hydrogens (tertiary/aromatic N) is 4. The third kappa shape index (κ3) is 4.98. The molecule has 0 aliphatic carbocycles. The molecular weight excluding hydrogens is 403 g/mol. The van der Waals surface area contributed by atoms with Crippen LogP contribution in [0.25, 0.3) is 11.2 Å². The number of nitrogen functional groups attached to an aromatic ring is 1. The monoisotopic (exact) mass is 432 g/mol. The molecule has 2 aromatic heterocycles. The van der Waals surface area contributed by atoms with E-state index in [0.717, 1.165) is 24.9 Å². The fourth-order valence-electron chi connectivity index (χ4n) is 3.09. The number of nitrogens with one attached hydrogen (secondary N) is 1. The Hall–Kier alpha value is -2.48. The lowest BCUT2D eigenvalue weighted by molar-refractivity contribution is 0.230. The normalized spacial score (nSPS) is 11.8. The first kappa shape index (κ1) is 22.2. The molecule has 3 aromatic rings. The quantitative estimate of drug-likeness (QED) is 0.349. The Morgan fingerprint density at radius 1 is 1.17 bits per heavy atom. The number of aromatic nitrogens is 4. The molecule has 0 aliphatic rings.